The molecule has 0 saturated carbocycles. The Hall–Kier alpha value is -3.23. The van der Waals surface area contributed by atoms with Crippen LogP contribution in [-0.2, 0) is 11.0 Å². The lowest BCUT2D eigenvalue weighted by Gasteiger charge is -2.06. The van der Waals surface area contributed by atoms with Gasteiger partial charge < -0.3 is 5.32 Å². The molecule has 2 aromatic carbocycles. The van der Waals surface area contributed by atoms with E-state index < -0.39 is 34.1 Å². The maximum atomic E-state index is 13.2. The molecule has 0 atom stereocenters. The van der Waals surface area contributed by atoms with Crippen LogP contribution in [0.25, 0.3) is 6.08 Å². The van der Waals surface area contributed by atoms with Gasteiger partial charge in [0.2, 0.25) is 11.7 Å². The number of nitro benzene ring substituents is 1. The summed E-state index contributed by atoms with van der Waals surface area (Å²) in [5.74, 6) is -1.79. The Morgan fingerprint density at radius 3 is 2.52 bits per heavy atom. The topological polar surface area (TPSA) is 72.2 Å². The van der Waals surface area contributed by atoms with E-state index in [-0.39, 0.29) is 11.3 Å². The largest absolute Gasteiger partial charge is 0.416 e. The third kappa shape index (κ3) is 4.87. The Morgan fingerprint density at radius 1 is 1.16 bits per heavy atom. The highest BCUT2D eigenvalue weighted by Crippen LogP contribution is 2.29. The van der Waals surface area contributed by atoms with E-state index in [9.17, 15) is 32.5 Å². The Morgan fingerprint density at radius 2 is 1.88 bits per heavy atom. The van der Waals surface area contributed by atoms with Gasteiger partial charge in [0, 0.05) is 17.8 Å². The molecule has 0 spiro atoms. The summed E-state index contributed by atoms with van der Waals surface area (Å²) in [6, 6.07) is 7.13. The van der Waals surface area contributed by atoms with Crippen molar-refractivity contribution < 1.29 is 27.3 Å². The van der Waals surface area contributed by atoms with Gasteiger partial charge in [0.1, 0.15) is 0 Å². The number of hydrogen-bond acceptors (Lipinski definition) is 3. The van der Waals surface area contributed by atoms with Crippen molar-refractivity contribution in [2.24, 2.45) is 0 Å². The van der Waals surface area contributed by atoms with Crippen LogP contribution in [0.4, 0.5) is 28.9 Å². The zero-order chi connectivity index (χ0) is 18.6. The smallest absolute Gasteiger partial charge is 0.322 e. The van der Waals surface area contributed by atoms with Gasteiger partial charge in [-0.25, -0.2) is 0 Å². The van der Waals surface area contributed by atoms with E-state index in [0.717, 1.165) is 42.5 Å². The van der Waals surface area contributed by atoms with Crippen molar-refractivity contribution in [2.75, 3.05) is 5.32 Å². The fourth-order valence-corrected chi connectivity index (χ4v) is 1.90. The summed E-state index contributed by atoms with van der Waals surface area (Å²) in [6.45, 7) is 0. The Balaban J connectivity index is 2.12. The molecular formula is C16H10F4N2O3. The third-order valence-corrected chi connectivity index (χ3v) is 3.05. The minimum Gasteiger partial charge on any atom is -0.322 e. The number of carbonyl (C=O) groups excluding carboxylic acids is 1. The molecular weight excluding hydrogens is 344 g/mol. The molecule has 0 aromatic heterocycles. The molecule has 0 fully saturated rings. The van der Waals surface area contributed by atoms with E-state index in [1.165, 1.54) is 12.1 Å². The van der Waals surface area contributed by atoms with Crippen LogP contribution in [0.2, 0.25) is 0 Å². The first-order valence-electron chi connectivity index (χ1n) is 6.77. The van der Waals surface area contributed by atoms with Crippen LogP contribution >= 0.6 is 0 Å². The second-order valence-corrected chi connectivity index (χ2v) is 4.87. The number of nitrogens with zero attached hydrogens (tertiary/aromatic N) is 1. The highest BCUT2D eigenvalue weighted by Gasteiger charge is 2.30. The van der Waals surface area contributed by atoms with Gasteiger partial charge in [0.25, 0.3) is 0 Å². The Bertz CT molecular complexity index is 848. The Kier molecular flexibility index (Phi) is 5.16. The molecule has 0 unspecified atom stereocenters. The first-order valence-corrected chi connectivity index (χ1v) is 6.77. The average molecular weight is 354 g/mol. The molecule has 25 heavy (non-hydrogen) atoms. The second kappa shape index (κ2) is 7.12. The minimum absolute atomic E-state index is 0.0215. The van der Waals surface area contributed by atoms with Crippen LogP contribution < -0.4 is 5.32 Å². The number of benzene rings is 2. The number of nitro groups is 1. The molecule has 1 amide bonds. The predicted molar refractivity (Wildman–Crippen MR) is 82.2 cm³/mol. The standard InChI is InChI=1S/C16H10F4N2O3/c17-13-6-5-12(9-14(13)22(24)25)21-15(23)7-4-10-2-1-3-11(8-10)16(18,19)20/h1-9H,(H,21,23)/b7-4+. The lowest BCUT2D eigenvalue weighted by molar-refractivity contribution is -0.387. The molecule has 0 aliphatic carbocycles. The molecule has 2 rings (SSSR count). The molecule has 0 bridgehead atoms. The van der Waals surface area contributed by atoms with Crippen LogP contribution in [0.15, 0.2) is 48.5 Å². The number of hydrogen-bond donors (Lipinski definition) is 1. The van der Waals surface area contributed by atoms with Gasteiger partial charge in [-0.05, 0) is 35.9 Å². The highest BCUT2D eigenvalue weighted by atomic mass is 19.4. The normalized spacial score (nSPS) is 11.5. The molecule has 130 valence electrons. The van der Waals surface area contributed by atoms with Gasteiger partial charge >= 0.3 is 11.9 Å². The number of alkyl halides is 3. The average Bonchev–Trinajstić information content (AvgIpc) is 2.54. The molecule has 0 heterocycles. The maximum Gasteiger partial charge on any atom is 0.416 e. The molecule has 0 aliphatic heterocycles. The van der Waals surface area contributed by atoms with Gasteiger partial charge in [-0.2, -0.15) is 17.6 Å². The van der Waals surface area contributed by atoms with Crippen molar-refractivity contribution in [2.45, 2.75) is 6.18 Å². The summed E-state index contributed by atoms with van der Waals surface area (Å²) in [5.41, 5.74) is -1.54. The summed E-state index contributed by atoms with van der Waals surface area (Å²) in [6.07, 6.45) is -2.38. The maximum absolute atomic E-state index is 13.2. The number of anilines is 1. The summed E-state index contributed by atoms with van der Waals surface area (Å²) in [7, 11) is 0. The number of halogens is 4. The molecule has 5 nitrogen and oxygen atoms in total. The van der Waals surface area contributed by atoms with E-state index in [1.54, 1.807) is 0 Å². The van der Waals surface area contributed by atoms with Crippen molar-refractivity contribution >= 4 is 23.4 Å². The first-order chi connectivity index (χ1) is 11.7. The fourth-order valence-electron chi connectivity index (χ4n) is 1.90. The van der Waals surface area contributed by atoms with Gasteiger partial charge in [0.15, 0.2) is 0 Å². The van der Waals surface area contributed by atoms with Crippen LogP contribution in [0.1, 0.15) is 11.1 Å². The fraction of sp³-hybridized carbons (Fsp3) is 0.0625. The van der Waals surface area contributed by atoms with Crippen molar-refractivity contribution in [1.82, 2.24) is 0 Å². The van der Waals surface area contributed by atoms with Crippen LogP contribution in [-0.4, -0.2) is 10.8 Å². The van der Waals surface area contributed by atoms with Gasteiger partial charge in [-0.1, -0.05) is 12.1 Å². The SMILES string of the molecule is O=C(/C=C/c1cccc(C(F)(F)F)c1)Nc1ccc(F)c([N+](=O)[O-])c1. The predicted octanol–water partition coefficient (Wildman–Crippen LogP) is 4.40. The van der Waals surface area contributed by atoms with E-state index in [0.29, 0.717) is 0 Å². The van der Waals surface area contributed by atoms with E-state index in [1.807, 2.05) is 0 Å². The Labute approximate surface area is 138 Å². The number of carbonyl (C=O) groups is 1. The zero-order valence-corrected chi connectivity index (χ0v) is 12.4. The molecule has 0 radical (unpaired) electrons. The van der Waals surface area contributed by atoms with Gasteiger partial charge in [0.05, 0.1) is 10.5 Å². The second-order valence-electron chi connectivity index (χ2n) is 4.87. The summed E-state index contributed by atoms with van der Waals surface area (Å²) >= 11 is 0. The van der Waals surface area contributed by atoms with E-state index >= 15 is 0 Å². The number of nitrogens with one attached hydrogen (secondary N) is 1. The van der Waals surface area contributed by atoms with Crippen molar-refractivity contribution in [3.05, 3.63) is 75.6 Å². The lowest BCUT2D eigenvalue weighted by atomic mass is 10.1. The van der Waals surface area contributed by atoms with Gasteiger partial charge in [-0.3, -0.25) is 14.9 Å². The van der Waals surface area contributed by atoms with E-state index in [2.05, 4.69) is 5.32 Å². The summed E-state index contributed by atoms with van der Waals surface area (Å²) < 4.78 is 51.0. The molecule has 0 saturated heterocycles. The quantitative estimate of drug-likeness (QED) is 0.383. The molecule has 1 N–H and O–H groups in total. The van der Waals surface area contributed by atoms with E-state index in [4.69, 9.17) is 0 Å². The first kappa shape index (κ1) is 18.1. The highest BCUT2D eigenvalue weighted by molar-refractivity contribution is 6.02. The summed E-state index contributed by atoms with van der Waals surface area (Å²) in [4.78, 5) is 21.4. The minimum atomic E-state index is -4.50. The third-order valence-electron chi connectivity index (χ3n) is 3.05. The van der Waals surface area contributed by atoms with Crippen molar-refractivity contribution in [1.29, 1.82) is 0 Å². The van der Waals surface area contributed by atoms with Crippen LogP contribution in [0.5, 0.6) is 0 Å². The van der Waals surface area contributed by atoms with Gasteiger partial charge in [-0.15, -0.1) is 0 Å². The summed E-state index contributed by atoms with van der Waals surface area (Å²) in [5, 5.41) is 12.9. The van der Waals surface area contributed by atoms with Crippen LogP contribution in [0.3, 0.4) is 0 Å². The monoisotopic (exact) mass is 354 g/mol. The molecule has 0 aliphatic rings. The number of rotatable bonds is 4. The zero-order valence-electron chi connectivity index (χ0n) is 12.4. The van der Waals surface area contributed by atoms with Crippen molar-refractivity contribution in [3.8, 4) is 0 Å². The molecule has 2 aromatic rings. The molecule has 9 heteroatoms. The van der Waals surface area contributed by atoms with Crippen LogP contribution in [0, 0.1) is 15.9 Å². The van der Waals surface area contributed by atoms with Crippen molar-refractivity contribution in [3.63, 3.8) is 0 Å². The number of amides is 1. The lowest BCUT2D eigenvalue weighted by Crippen LogP contribution is -2.08.